The molecule has 7 aromatic carbocycles. The van der Waals surface area contributed by atoms with E-state index >= 15 is 0 Å². The summed E-state index contributed by atoms with van der Waals surface area (Å²) in [7, 11) is 0. The second-order valence-electron chi connectivity index (χ2n) is 12.1. The highest BCUT2D eigenvalue weighted by Crippen LogP contribution is 2.43. The van der Waals surface area contributed by atoms with Gasteiger partial charge in [-0.3, -0.25) is 0 Å². The Kier molecular flexibility index (Phi) is 4.32. The molecule has 11 rings (SSSR count). The van der Waals surface area contributed by atoms with Gasteiger partial charge in [-0.2, -0.15) is 0 Å². The highest BCUT2D eigenvalue weighted by atomic mass is 32.1. The fraction of sp³-hybridized carbons (Fsp3) is 0. The molecule has 0 N–H and O–H groups in total. The van der Waals surface area contributed by atoms with E-state index in [0.29, 0.717) is 5.56 Å². The number of fused-ring (bicyclic) bond motifs is 10. The number of para-hydroxylation sites is 2. The van der Waals surface area contributed by atoms with Crippen molar-refractivity contribution in [2.24, 2.45) is 0 Å². The number of rotatable bonds is 4. The maximum Gasteiger partial charge on any atom is 0.164 e. The quantitative estimate of drug-likeness (QED) is 0.186. The Labute approximate surface area is 309 Å². The van der Waals surface area contributed by atoms with Gasteiger partial charge < -0.3 is 8.98 Å². The Hall–Kier alpha value is -6.63. The summed E-state index contributed by atoms with van der Waals surface area (Å²) >= 11 is 1.56. The summed E-state index contributed by atoms with van der Waals surface area (Å²) in [5, 5.41) is 6.26. The van der Waals surface area contributed by atoms with Crippen LogP contribution in [0.5, 0.6) is 0 Å². The van der Waals surface area contributed by atoms with Crippen molar-refractivity contribution in [2.45, 2.75) is 0 Å². The number of aromatic nitrogens is 4. The van der Waals surface area contributed by atoms with E-state index in [0.717, 1.165) is 69.6 Å². The number of benzene rings is 7. The summed E-state index contributed by atoms with van der Waals surface area (Å²) in [6.07, 6.45) is 0. The minimum atomic E-state index is -0.600. The first-order chi connectivity index (χ1) is 29.4. The third kappa shape index (κ3) is 4.37. The first-order valence-corrected chi connectivity index (χ1v) is 16.9. The Morgan fingerprint density at radius 2 is 1.18 bits per heavy atom. The monoisotopic (exact) mass is 680 g/mol. The standard InChI is InChI=1S/C45H26N4OS/c1-3-11-27(12-4-1)43-46-44(28-13-5-2-6-14-28)48-45(47-43)29-19-21-32-35-26-30(20-24-39(35)51-40(32)25-29)49-36-17-9-7-15-31(36)33-22-23-38-41(42(33)49)34-16-8-10-18-37(34)50-38/h1-26H/i1D,2D,3D,4D,5D,6D,11D,12D,13D,14D. The Morgan fingerprint density at radius 3 is 1.94 bits per heavy atom. The van der Waals surface area contributed by atoms with Crippen molar-refractivity contribution in [3.05, 3.63) is 157 Å². The molecule has 0 aliphatic heterocycles. The molecule has 0 amide bonds. The van der Waals surface area contributed by atoms with E-state index in [2.05, 4.69) is 62.0 Å². The summed E-state index contributed by atoms with van der Waals surface area (Å²) in [6.45, 7) is 0. The van der Waals surface area contributed by atoms with E-state index in [9.17, 15) is 0 Å². The summed E-state index contributed by atoms with van der Waals surface area (Å²) in [5.41, 5.74) is 4.52. The van der Waals surface area contributed by atoms with E-state index < -0.39 is 60.4 Å². The lowest BCUT2D eigenvalue weighted by Gasteiger charge is -2.09. The zero-order chi connectivity index (χ0) is 42.2. The van der Waals surface area contributed by atoms with Crippen LogP contribution >= 0.6 is 11.3 Å². The zero-order valence-corrected chi connectivity index (χ0v) is 27.2. The van der Waals surface area contributed by atoms with Crippen molar-refractivity contribution < 1.29 is 18.1 Å². The average Bonchev–Trinajstić information content (AvgIpc) is 3.95. The Morgan fingerprint density at radius 1 is 0.510 bits per heavy atom. The molecule has 11 aromatic rings. The largest absolute Gasteiger partial charge is 0.456 e. The summed E-state index contributed by atoms with van der Waals surface area (Å²) in [6, 6.07) is 26.7. The van der Waals surface area contributed by atoms with Crippen molar-refractivity contribution in [3.63, 3.8) is 0 Å². The van der Waals surface area contributed by atoms with Crippen LogP contribution in [0.15, 0.2) is 162 Å². The van der Waals surface area contributed by atoms with Crippen molar-refractivity contribution in [3.8, 4) is 39.9 Å². The molecule has 0 saturated heterocycles. The number of hydrogen-bond acceptors (Lipinski definition) is 5. The van der Waals surface area contributed by atoms with Crippen molar-refractivity contribution >= 4 is 75.3 Å². The van der Waals surface area contributed by atoms with Crippen LogP contribution in [0.1, 0.15) is 13.7 Å². The predicted octanol–water partition coefficient (Wildman–Crippen LogP) is 12.2. The fourth-order valence-electron chi connectivity index (χ4n) is 7.03. The molecular formula is C45H26N4OS. The number of hydrogen-bond donors (Lipinski definition) is 0. The van der Waals surface area contributed by atoms with E-state index in [4.69, 9.17) is 18.1 Å². The number of thiophene rings is 1. The van der Waals surface area contributed by atoms with Crippen molar-refractivity contribution in [1.82, 2.24) is 19.5 Å². The van der Waals surface area contributed by atoms with Gasteiger partial charge in [0.15, 0.2) is 17.5 Å². The smallest absolute Gasteiger partial charge is 0.164 e. The minimum absolute atomic E-state index is 0.0142. The lowest BCUT2D eigenvalue weighted by atomic mass is 10.1. The Bertz CT molecular complexity index is 3600. The van der Waals surface area contributed by atoms with Gasteiger partial charge in [0.2, 0.25) is 0 Å². The first-order valence-electron chi connectivity index (χ1n) is 21.1. The van der Waals surface area contributed by atoms with Crippen LogP contribution in [0.25, 0.3) is 104 Å². The Balaban J connectivity index is 1.12. The third-order valence-corrected chi connectivity index (χ3v) is 10.4. The number of nitrogens with zero attached hydrogens (tertiary/aromatic N) is 4. The molecule has 0 atom stereocenters. The molecule has 0 radical (unpaired) electrons. The number of furan rings is 1. The lowest BCUT2D eigenvalue weighted by Crippen LogP contribution is -1.99. The van der Waals surface area contributed by atoms with Crippen LogP contribution in [0.3, 0.4) is 0 Å². The van der Waals surface area contributed by atoms with Gasteiger partial charge in [-0.1, -0.05) is 109 Å². The molecule has 0 spiro atoms. The normalized spacial score (nSPS) is 14.7. The molecule has 6 heteroatoms. The van der Waals surface area contributed by atoms with E-state index in [1.54, 1.807) is 17.4 Å². The van der Waals surface area contributed by atoms with Crippen LogP contribution in [-0.4, -0.2) is 19.5 Å². The van der Waals surface area contributed by atoms with E-state index in [1.165, 1.54) is 0 Å². The maximum absolute atomic E-state index is 8.66. The van der Waals surface area contributed by atoms with Gasteiger partial charge in [-0.25, -0.2) is 15.0 Å². The summed E-state index contributed by atoms with van der Waals surface area (Å²) < 4.78 is 94.6. The molecule has 4 aromatic heterocycles. The van der Waals surface area contributed by atoms with Gasteiger partial charge in [0.25, 0.3) is 0 Å². The van der Waals surface area contributed by atoms with Gasteiger partial charge in [0.1, 0.15) is 11.2 Å². The SMILES string of the molecule is [2H]c1c([2H])c([2H])c(-c2nc(-c3ccc4c(c3)sc3ccc(-n5c6ccccc6c6ccc7oc8ccccc8c7c65)cc34)nc(-c3c([2H])c([2H])c([2H])c([2H])c3[2H])n2)c([2H])c1[2H]. The summed E-state index contributed by atoms with van der Waals surface area (Å²) in [4.78, 5) is 13.6. The molecule has 0 aliphatic carbocycles. The van der Waals surface area contributed by atoms with Gasteiger partial charge >= 0.3 is 0 Å². The van der Waals surface area contributed by atoms with Crippen molar-refractivity contribution in [2.75, 3.05) is 0 Å². The molecule has 4 heterocycles. The van der Waals surface area contributed by atoms with Gasteiger partial charge in [-0.05, 0) is 48.5 Å². The highest BCUT2D eigenvalue weighted by molar-refractivity contribution is 7.25. The molecule has 0 fully saturated rings. The summed E-state index contributed by atoms with van der Waals surface area (Å²) in [5.74, 6) is -0.605. The molecule has 0 saturated carbocycles. The maximum atomic E-state index is 8.66. The van der Waals surface area contributed by atoms with Gasteiger partial charge in [0.05, 0.1) is 30.1 Å². The fourth-order valence-corrected chi connectivity index (χ4v) is 8.15. The van der Waals surface area contributed by atoms with E-state index in [1.807, 2.05) is 48.5 Å². The van der Waals surface area contributed by atoms with E-state index in [-0.39, 0.29) is 28.6 Å². The molecule has 238 valence electrons. The molecule has 5 nitrogen and oxygen atoms in total. The molecule has 0 bridgehead atoms. The lowest BCUT2D eigenvalue weighted by molar-refractivity contribution is 0.669. The highest BCUT2D eigenvalue weighted by Gasteiger charge is 2.20. The molecular weight excluding hydrogens is 645 g/mol. The van der Waals surface area contributed by atoms with Crippen LogP contribution < -0.4 is 0 Å². The second-order valence-corrected chi connectivity index (χ2v) is 13.2. The van der Waals surface area contributed by atoms with Crippen LogP contribution in [0.2, 0.25) is 0 Å². The second kappa shape index (κ2) is 10.9. The molecule has 0 unspecified atom stereocenters. The van der Waals surface area contributed by atoms with Gasteiger partial charge in [0, 0.05) is 58.7 Å². The third-order valence-electron chi connectivity index (χ3n) is 9.23. The van der Waals surface area contributed by atoms with Crippen molar-refractivity contribution in [1.29, 1.82) is 0 Å². The average molecular weight is 681 g/mol. The zero-order valence-electron chi connectivity index (χ0n) is 36.3. The van der Waals surface area contributed by atoms with Crippen LogP contribution in [0.4, 0.5) is 0 Å². The predicted molar refractivity (Wildman–Crippen MR) is 211 cm³/mol. The van der Waals surface area contributed by atoms with Crippen LogP contribution in [-0.2, 0) is 0 Å². The van der Waals surface area contributed by atoms with Gasteiger partial charge in [-0.15, -0.1) is 11.3 Å². The topological polar surface area (TPSA) is 56.7 Å². The molecule has 51 heavy (non-hydrogen) atoms. The molecule has 0 aliphatic rings. The first kappa shape index (κ1) is 20.1. The van der Waals surface area contributed by atoms with Crippen LogP contribution in [0, 0.1) is 0 Å². The minimum Gasteiger partial charge on any atom is -0.456 e.